The number of aliphatic carboxylic acids is 1. The third-order valence-electron chi connectivity index (χ3n) is 4.34. The number of aryl methyl sites for hydroxylation is 2. The number of hydrogen-bond donors (Lipinski definition) is 1. The van der Waals surface area contributed by atoms with Crippen molar-refractivity contribution < 1.29 is 9.90 Å². The molecule has 2 aromatic heterocycles. The molecule has 118 valence electrons. The SMILES string of the molecule is Cc1ccc(C(c2sccc2C)N2CCCCC2C(=O)O)s1. The topological polar surface area (TPSA) is 40.5 Å². The van der Waals surface area contributed by atoms with E-state index in [2.05, 4.69) is 42.3 Å². The zero-order chi connectivity index (χ0) is 15.7. The van der Waals surface area contributed by atoms with Gasteiger partial charge in [0.15, 0.2) is 0 Å². The second-order valence-electron chi connectivity index (χ2n) is 5.91. The summed E-state index contributed by atoms with van der Waals surface area (Å²) in [6.45, 7) is 5.09. The molecule has 0 spiro atoms. The molecule has 1 fully saturated rings. The zero-order valence-corrected chi connectivity index (χ0v) is 14.5. The second kappa shape index (κ2) is 6.52. The number of likely N-dealkylation sites (tertiary alicyclic amines) is 1. The van der Waals surface area contributed by atoms with Crippen molar-refractivity contribution in [1.82, 2.24) is 4.90 Å². The number of carboxylic acid groups (broad SMARTS) is 1. The first-order valence-electron chi connectivity index (χ1n) is 7.67. The molecule has 1 aliphatic rings. The van der Waals surface area contributed by atoms with E-state index >= 15 is 0 Å². The Morgan fingerprint density at radius 1 is 1.32 bits per heavy atom. The third kappa shape index (κ3) is 2.98. The maximum atomic E-state index is 11.7. The average Bonchev–Trinajstić information content (AvgIpc) is 3.10. The van der Waals surface area contributed by atoms with Gasteiger partial charge in [-0.15, -0.1) is 22.7 Å². The van der Waals surface area contributed by atoms with E-state index in [-0.39, 0.29) is 12.1 Å². The van der Waals surface area contributed by atoms with Gasteiger partial charge in [-0.3, -0.25) is 9.69 Å². The van der Waals surface area contributed by atoms with Crippen molar-refractivity contribution >= 4 is 28.6 Å². The van der Waals surface area contributed by atoms with Crippen molar-refractivity contribution in [3.05, 3.63) is 43.8 Å². The lowest BCUT2D eigenvalue weighted by Crippen LogP contribution is -2.46. The molecule has 0 saturated carbocycles. The molecule has 3 rings (SSSR count). The van der Waals surface area contributed by atoms with Crippen LogP contribution in [-0.4, -0.2) is 28.6 Å². The Balaban J connectivity index is 2.04. The van der Waals surface area contributed by atoms with Crippen LogP contribution in [0.15, 0.2) is 23.6 Å². The van der Waals surface area contributed by atoms with Gasteiger partial charge >= 0.3 is 5.97 Å². The summed E-state index contributed by atoms with van der Waals surface area (Å²) in [5.74, 6) is -0.688. The molecule has 0 radical (unpaired) electrons. The molecule has 2 aromatic rings. The number of carboxylic acids is 1. The standard InChI is InChI=1S/C17H21NO2S2/c1-11-8-10-21-16(11)15(14-7-6-12(2)22-14)18-9-4-3-5-13(18)17(19)20/h6-8,10,13,15H,3-5,9H2,1-2H3,(H,19,20). The minimum Gasteiger partial charge on any atom is -0.480 e. The van der Waals surface area contributed by atoms with Crippen LogP contribution in [0.2, 0.25) is 0 Å². The van der Waals surface area contributed by atoms with Gasteiger partial charge in [0.05, 0.1) is 6.04 Å². The number of piperidine rings is 1. The highest BCUT2D eigenvalue weighted by atomic mass is 32.1. The molecule has 1 N–H and O–H groups in total. The highest BCUT2D eigenvalue weighted by Gasteiger charge is 2.36. The van der Waals surface area contributed by atoms with Gasteiger partial charge in [0.2, 0.25) is 0 Å². The summed E-state index contributed by atoms with van der Waals surface area (Å²) in [4.78, 5) is 17.8. The van der Waals surface area contributed by atoms with E-state index in [1.807, 2.05) is 0 Å². The lowest BCUT2D eigenvalue weighted by molar-refractivity contribution is -0.145. The summed E-state index contributed by atoms with van der Waals surface area (Å²) in [6.07, 6.45) is 2.84. The number of rotatable bonds is 4. The van der Waals surface area contributed by atoms with Crippen molar-refractivity contribution in [1.29, 1.82) is 0 Å². The Morgan fingerprint density at radius 3 is 2.73 bits per heavy atom. The van der Waals surface area contributed by atoms with Crippen LogP contribution in [0.1, 0.15) is 45.5 Å². The molecule has 1 saturated heterocycles. The van der Waals surface area contributed by atoms with Gasteiger partial charge in [-0.2, -0.15) is 0 Å². The van der Waals surface area contributed by atoms with Crippen LogP contribution in [-0.2, 0) is 4.79 Å². The Bertz CT molecular complexity index is 661. The molecular formula is C17H21NO2S2. The molecule has 0 bridgehead atoms. The van der Waals surface area contributed by atoms with E-state index in [9.17, 15) is 9.90 Å². The van der Waals surface area contributed by atoms with Crippen LogP contribution < -0.4 is 0 Å². The molecule has 3 heterocycles. The first kappa shape index (κ1) is 15.7. The highest BCUT2D eigenvalue weighted by molar-refractivity contribution is 7.13. The molecular weight excluding hydrogens is 314 g/mol. The van der Waals surface area contributed by atoms with Gasteiger partial charge in [-0.25, -0.2) is 0 Å². The maximum absolute atomic E-state index is 11.7. The van der Waals surface area contributed by atoms with E-state index in [0.29, 0.717) is 0 Å². The molecule has 2 unspecified atom stereocenters. The van der Waals surface area contributed by atoms with Crippen LogP contribution in [0.4, 0.5) is 0 Å². The fourth-order valence-electron chi connectivity index (χ4n) is 3.24. The fourth-order valence-corrected chi connectivity index (χ4v) is 5.38. The van der Waals surface area contributed by atoms with Crippen LogP contribution in [0.5, 0.6) is 0 Å². The second-order valence-corrected chi connectivity index (χ2v) is 8.17. The van der Waals surface area contributed by atoms with E-state index in [4.69, 9.17) is 0 Å². The largest absolute Gasteiger partial charge is 0.480 e. The molecule has 0 aromatic carbocycles. The fraction of sp³-hybridized carbons (Fsp3) is 0.471. The highest BCUT2D eigenvalue weighted by Crippen LogP contribution is 2.40. The van der Waals surface area contributed by atoms with Gasteiger partial charge in [0.25, 0.3) is 0 Å². The third-order valence-corrected chi connectivity index (χ3v) is 6.47. The average molecular weight is 335 g/mol. The Hall–Kier alpha value is -1.17. The molecule has 2 atom stereocenters. The Morgan fingerprint density at radius 2 is 2.14 bits per heavy atom. The summed E-state index contributed by atoms with van der Waals surface area (Å²) in [6, 6.07) is 6.14. The van der Waals surface area contributed by atoms with Gasteiger partial charge in [0, 0.05) is 14.6 Å². The van der Waals surface area contributed by atoms with Crippen LogP contribution >= 0.6 is 22.7 Å². The minimum absolute atomic E-state index is 0.0834. The van der Waals surface area contributed by atoms with E-state index in [1.54, 1.807) is 22.7 Å². The predicted molar refractivity (Wildman–Crippen MR) is 91.9 cm³/mol. The predicted octanol–water partition coefficient (Wildman–Crippen LogP) is 4.45. The minimum atomic E-state index is -0.688. The van der Waals surface area contributed by atoms with Gasteiger partial charge in [-0.05, 0) is 62.4 Å². The first-order valence-corrected chi connectivity index (χ1v) is 9.36. The van der Waals surface area contributed by atoms with Gasteiger partial charge < -0.3 is 5.11 Å². The van der Waals surface area contributed by atoms with Crippen molar-refractivity contribution in [3.8, 4) is 0 Å². The van der Waals surface area contributed by atoms with Crippen molar-refractivity contribution in [2.75, 3.05) is 6.54 Å². The summed E-state index contributed by atoms with van der Waals surface area (Å²) in [5, 5.41) is 11.8. The zero-order valence-electron chi connectivity index (χ0n) is 12.9. The Labute approximate surface area is 139 Å². The molecule has 0 amide bonds. The molecule has 1 aliphatic heterocycles. The Kier molecular flexibility index (Phi) is 4.66. The quantitative estimate of drug-likeness (QED) is 0.897. The van der Waals surface area contributed by atoms with E-state index in [1.165, 1.54) is 20.2 Å². The summed E-state index contributed by atoms with van der Waals surface area (Å²) >= 11 is 3.52. The van der Waals surface area contributed by atoms with Crippen LogP contribution in [0, 0.1) is 13.8 Å². The number of hydrogen-bond acceptors (Lipinski definition) is 4. The first-order chi connectivity index (χ1) is 10.6. The normalized spacial score (nSPS) is 20.9. The monoisotopic (exact) mass is 335 g/mol. The number of nitrogens with zero attached hydrogens (tertiary/aromatic N) is 1. The van der Waals surface area contributed by atoms with E-state index in [0.717, 1.165) is 25.8 Å². The number of carbonyl (C=O) groups is 1. The summed E-state index contributed by atoms with van der Waals surface area (Å²) in [5.41, 5.74) is 1.26. The van der Waals surface area contributed by atoms with Crippen molar-refractivity contribution in [3.63, 3.8) is 0 Å². The summed E-state index contributed by atoms with van der Waals surface area (Å²) < 4.78 is 0. The molecule has 5 heteroatoms. The summed E-state index contributed by atoms with van der Waals surface area (Å²) in [7, 11) is 0. The smallest absolute Gasteiger partial charge is 0.320 e. The van der Waals surface area contributed by atoms with Gasteiger partial charge in [-0.1, -0.05) is 6.42 Å². The van der Waals surface area contributed by atoms with Crippen LogP contribution in [0.25, 0.3) is 0 Å². The lowest BCUT2D eigenvalue weighted by atomic mass is 9.97. The van der Waals surface area contributed by atoms with Crippen molar-refractivity contribution in [2.24, 2.45) is 0 Å². The van der Waals surface area contributed by atoms with Gasteiger partial charge in [0.1, 0.15) is 6.04 Å². The molecule has 22 heavy (non-hydrogen) atoms. The molecule has 0 aliphatic carbocycles. The van der Waals surface area contributed by atoms with E-state index < -0.39 is 5.97 Å². The molecule has 3 nitrogen and oxygen atoms in total. The number of thiophene rings is 2. The maximum Gasteiger partial charge on any atom is 0.320 e. The lowest BCUT2D eigenvalue weighted by Gasteiger charge is -2.38. The van der Waals surface area contributed by atoms with Crippen molar-refractivity contribution in [2.45, 2.75) is 45.2 Å². The van der Waals surface area contributed by atoms with Crippen LogP contribution in [0.3, 0.4) is 0 Å².